The Morgan fingerprint density at radius 1 is 1.21 bits per heavy atom. The Bertz CT molecular complexity index is 1640. The zero-order valence-corrected chi connectivity index (χ0v) is 22.5. The van der Waals surface area contributed by atoms with Crippen molar-refractivity contribution < 1.29 is 9.59 Å². The minimum Gasteiger partial charge on any atom is -0.363 e. The molecule has 0 aliphatic carbocycles. The number of nitriles is 1. The lowest BCUT2D eigenvalue weighted by molar-refractivity contribution is -0.120. The molecule has 1 unspecified atom stereocenters. The van der Waals surface area contributed by atoms with Crippen molar-refractivity contribution >= 4 is 46.1 Å². The minimum atomic E-state index is -0.665. The molecule has 0 radical (unpaired) electrons. The van der Waals surface area contributed by atoms with E-state index in [4.69, 9.17) is 10.7 Å². The first-order chi connectivity index (χ1) is 18.2. The molecule has 1 aromatic carbocycles. The Balaban J connectivity index is 1.34. The van der Waals surface area contributed by atoms with Crippen LogP contribution in [0.15, 0.2) is 35.4 Å². The van der Waals surface area contributed by atoms with Crippen molar-refractivity contribution in [1.82, 2.24) is 24.7 Å². The van der Waals surface area contributed by atoms with E-state index in [1.165, 1.54) is 11.8 Å². The number of primary amides is 1. The molecule has 11 heteroatoms. The summed E-state index contributed by atoms with van der Waals surface area (Å²) in [6, 6.07) is 11.9. The average molecular weight is 529 g/mol. The molecule has 5 rings (SSSR count). The Morgan fingerprint density at radius 3 is 2.71 bits per heavy atom. The molecule has 0 bridgehead atoms. The van der Waals surface area contributed by atoms with E-state index < -0.39 is 5.91 Å². The first kappa shape index (κ1) is 25.5. The number of para-hydroxylation sites is 2. The zero-order chi connectivity index (χ0) is 27.1. The smallest absolute Gasteiger partial charge is 0.286 e. The molecule has 0 spiro atoms. The highest BCUT2D eigenvalue weighted by Crippen LogP contribution is 2.32. The first-order valence-electron chi connectivity index (χ1n) is 12.4. The van der Waals surface area contributed by atoms with Gasteiger partial charge in [0, 0.05) is 30.4 Å². The summed E-state index contributed by atoms with van der Waals surface area (Å²) in [5.74, 6) is -0.0681. The van der Waals surface area contributed by atoms with Crippen molar-refractivity contribution in [3.05, 3.63) is 58.5 Å². The van der Waals surface area contributed by atoms with Crippen LogP contribution in [0.25, 0.3) is 16.7 Å². The normalized spacial score (nSPS) is 16.1. The number of aromatic nitrogens is 4. The molecule has 3 aromatic heterocycles. The van der Waals surface area contributed by atoms with Gasteiger partial charge in [-0.3, -0.25) is 14.0 Å². The van der Waals surface area contributed by atoms with Crippen LogP contribution < -0.4 is 16.0 Å². The second kappa shape index (κ2) is 9.95. The highest BCUT2D eigenvalue weighted by atomic mass is 32.2. The third-order valence-electron chi connectivity index (χ3n) is 6.94. The highest BCUT2D eigenvalue weighted by Gasteiger charge is 2.29. The predicted octanol–water partition coefficient (Wildman–Crippen LogP) is 3.05. The maximum atomic E-state index is 13.2. The molecule has 2 atom stereocenters. The number of anilines is 1. The maximum absolute atomic E-state index is 13.2. The van der Waals surface area contributed by atoms with Crippen LogP contribution in [0, 0.1) is 32.1 Å². The number of carbonyl (C=O) groups is 2. The van der Waals surface area contributed by atoms with Crippen LogP contribution in [0.5, 0.6) is 0 Å². The molecule has 1 aliphatic rings. The third kappa shape index (κ3) is 4.52. The Labute approximate surface area is 224 Å². The summed E-state index contributed by atoms with van der Waals surface area (Å²) in [6.45, 7) is 8.78. The molecule has 2 amide bonds. The van der Waals surface area contributed by atoms with Crippen LogP contribution in [0.4, 0.5) is 5.82 Å². The Hall–Kier alpha value is -4.17. The molecule has 38 heavy (non-hydrogen) atoms. The number of nitrogens with two attached hydrogens (primary N) is 1. The van der Waals surface area contributed by atoms with Crippen LogP contribution in [0.3, 0.4) is 0 Å². The van der Waals surface area contributed by atoms with E-state index in [-0.39, 0.29) is 23.0 Å². The predicted molar refractivity (Wildman–Crippen MR) is 146 cm³/mol. The number of nitrogens with zero attached hydrogens (tertiary/aromatic N) is 6. The lowest BCUT2D eigenvalue weighted by Crippen LogP contribution is -2.41. The lowest BCUT2D eigenvalue weighted by atomic mass is 10.2. The van der Waals surface area contributed by atoms with Gasteiger partial charge in [0.25, 0.3) is 5.91 Å². The second-order valence-electron chi connectivity index (χ2n) is 9.56. The van der Waals surface area contributed by atoms with Gasteiger partial charge in [-0.2, -0.15) is 5.26 Å². The summed E-state index contributed by atoms with van der Waals surface area (Å²) in [4.78, 5) is 40.2. The van der Waals surface area contributed by atoms with Gasteiger partial charge in [0.2, 0.25) is 11.7 Å². The lowest BCUT2D eigenvalue weighted by Gasteiger charge is -2.22. The van der Waals surface area contributed by atoms with Gasteiger partial charge in [0.1, 0.15) is 11.9 Å². The average Bonchev–Trinajstić information content (AvgIpc) is 3.50. The van der Waals surface area contributed by atoms with Gasteiger partial charge in [0.05, 0.1) is 26.9 Å². The molecule has 1 fully saturated rings. The van der Waals surface area contributed by atoms with Crippen molar-refractivity contribution in [3.8, 4) is 6.07 Å². The third-order valence-corrected chi connectivity index (χ3v) is 8.05. The fourth-order valence-electron chi connectivity index (χ4n) is 4.80. The number of fused-ring (bicyclic) bond motifs is 3. The highest BCUT2D eigenvalue weighted by molar-refractivity contribution is 8.00. The van der Waals surface area contributed by atoms with E-state index in [0.717, 1.165) is 33.6 Å². The Kier molecular flexibility index (Phi) is 6.67. The van der Waals surface area contributed by atoms with E-state index in [0.29, 0.717) is 35.8 Å². The van der Waals surface area contributed by atoms with Gasteiger partial charge in [-0.05, 0) is 57.9 Å². The maximum Gasteiger partial charge on any atom is 0.286 e. The molecule has 0 saturated carbocycles. The SMILES string of the molecule is Cc1cc(SC(C)C(=O)N[C@@H]2CCN(c3nc(C(N)=O)nc(C)c3C)C2)n2c(nc3ccccc32)c1C#N. The summed E-state index contributed by atoms with van der Waals surface area (Å²) in [5.41, 5.74) is 10.7. The monoisotopic (exact) mass is 528 g/mol. The summed E-state index contributed by atoms with van der Waals surface area (Å²) < 4.78 is 1.96. The number of imidazole rings is 1. The number of amides is 2. The minimum absolute atomic E-state index is 0.00309. The molecule has 1 saturated heterocycles. The number of aryl methyl sites for hydroxylation is 2. The van der Waals surface area contributed by atoms with E-state index in [1.807, 2.05) is 62.4 Å². The topological polar surface area (TPSA) is 142 Å². The summed E-state index contributed by atoms with van der Waals surface area (Å²) >= 11 is 1.44. The van der Waals surface area contributed by atoms with Crippen LogP contribution in [-0.4, -0.2) is 55.5 Å². The van der Waals surface area contributed by atoms with Crippen LogP contribution in [0.1, 0.15) is 46.3 Å². The second-order valence-corrected chi connectivity index (χ2v) is 10.9. The first-order valence-corrected chi connectivity index (χ1v) is 13.2. The molecular formula is C27H28N8O2S. The van der Waals surface area contributed by atoms with Crippen LogP contribution in [-0.2, 0) is 4.79 Å². The molecule has 3 N–H and O–H groups in total. The molecule has 4 aromatic rings. The zero-order valence-electron chi connectivity index (χ0n) is 21.6. The van der Waals surface area contributed by atoms with E-state index in [2.05, 4.69) is 26.3 Å². The molecule has 4 heterocycles. The molecule has 194 valence electrons. The van der Waals surface area contributed by atoms with E-state index in [1.54, 1.807) is 0 Å². The quantitative estimate of drug-likeness (QED) is 0.364. The van der Waals surface area contributed by atoms with Gasteiger partial charge < -0.3 is 16.0 Å². The van der Waals surface area contributed by atoms with Gasteiger partial charge in [-0.1, -0.05) is 23.9 Å². The number of hydrogen-bond acceptors (Lipinski definition) is 8. The number of carbonyl (C=O) groups excluding carboxylic acids is 2. The Morgan fingerprint density at radius 2 is 1.97 bits per heavy atom. The number of benzene rings is 1. The summed E-state index contributed by atoms with van der Waals surface area (Å²) in [5, 5.41) is 13.4. The largest absolute Gasteiger partial charge is 0.363 e. The molecule has 1 aliphatic heterocycles. The van der Waals surface area contributed by atoms with Crippen molar-refractivity contribution in [1.29, 1.82) is 5.26 Å². The van der Waals surface area contributed by atoms with E-state index in [9.17, 15) is 14.9 Å². The van der Waals surface area contributed by atoms with Crippen molar-refractivity contribution in [3.63, 3.8) is 0 Å². The number of pyridine rings is 1. The number of rotatable bonds is 6. The van der Waals surface area contributed by atoms with Crippen molar-refractivity contribution in [2.75, 3.05) is 18.0 Å². The van der Waals surface area contributed by atoms with Crippen LogP contribution >= 0.6 is 11.8 Å². The number of nitrogens with one attached hydrogen (secondary N) is 1. The van der Waals surface area contributed by atoms with Crippen molar-refractivity contribution in [2.24, 2.45) is 5.73 Å². The van der Waals surface area contributed by atoms with E-state index >= 15 is 0 Å². The van der Waals surface area contributed by atoms with Crippen LogP contribution in [0.2, 0.25) is 0 Å². The fraction of sp³-hybridized carbons (Fsp3) is 0.333. The standard InChI is InChI=1S/C27H28N8O2S/c1-14-11-22(35-21-8-6-5-7-20(21)32-26(35)19(14)12-28)38-17(4)27(37)31-18-9-10-34(13-18)25-15(2)16(3)30-24(33-25)23(29)36/h5-8,11,17-18H,9-10,13H2,1-4H3,(H2,29,36)(H,31,37)/t17?,18-/m1/s1. The van der Waals surface area contributed by atoms with Gasteiger partial charge in [-0.25, -0.2) is 15.0 Å². The van der Waals surface area contributed by atoms with Gasteiger partial charge >= 0.3 is 0 Å². The summed E-state index contributed by atoms with van der Waals surface area (Å²) in [7, 11) is 0. The fourth-order valence-corrected chi connectivity index (χ4v) is 5.87. The van der Waals surface area contributed by atoms with Gasteiger partial charge in [0.15, 0.2) is 5.65 Å². The number of thioether (sulfide) groups is 1. The number of hydrogen-bond donors (Lipinski definition) is 2. The summed E-state index contributed by atoms with van der Waals surface area (Å²) in [6.07, 6.45) is 0.754. The molecular weight excluding hydrogens is 500 g/mol. The molecule has 10 nitrogen and oxygen atoms in total. The van der Waals surface area contributed by atoms with Gasteiger partial charge in [-0.15, -0.1) is 0 Å². The van der Waals surface area contributed by atoms with Crippen molar-refractivity contribution in [2.45, 2.75) is 50.4 Å².